The number of halogens is 2. The minimum atomic E-state index is -0.347. The highest BCUT2D eigenvalue weighted by Crippen LogP contribution is 2.32. The van der Waals surface area contributed by atoms with Crippen LogP contribution >= 0.6 is 15.9 Å². The zero-order valence-electron chi connectivity index (χ0n) is 10.9. The summed E-state index contributed by atoms with van der Waals surface area (Å²) in [7, 11) is 1.52. The first kappa shape index (κ1) is 14.8. The van der Waals surface area contributed by atoms with Crippen molar-refractivity contribution in [2.24, 2.45) is 0 Å². The summed E-state index contributed by atoms with van der Waals surface area (Å²) in [5.74, 6) is 0.591. The lowest BCUT2D eigenvalue weighted by Crippen LogP contribution is -2.02. The zero-order chi connectivity index (χ0) is 14.5. The smallest absolute Gasteiger partial charge is 0.167 e. The number of rotatable bonds is 5. The topological polar surface area (TPSA) is 38.7 Å². The average molecular weight is 341 g/mol. The number of para-hydroxylation sites is 1. The van der Waals surface area contributed by atoms with Crippen molar-refractivity contribution < 1.29 is 19.0 Å². The van der Waals surface area contributed by atoms with Gasteiger partial charge in [0.2, 0.25) is 0 Å². The first-order valence-electron chi connectivity index (χ1n) is 5.99. The number of ether oxygens (including phenoxy) is 2. The minimum Gasteiger partial charge on any atom is -0.493 e. The van der Waals surface area contributed by atoms with Gasteiger partial charge in [-0.05, 0) is 18.2 Å². The van der Waals surface area contributed by atoms with Gasteiger partial charge in [-0.3, -0.25) is 0 Å². The van der Waals surface area contributed by atoms with Crippen LogP contribution in [0.5, 0.6) is 11.5 Å². The lowest BCUT2D eigenvalue weighted by molar-refractivity contribution is 0.248. The Labute approximate surface area is 125 Å². The van der Waals surface area contributed by atoms with Gasteiger partial charge in [0.15, 0.2) is 11.5 Å². The Morgan fingerprint density at radius 3 is 2.65 bits per heavy atom. The molecule has 2 rings (SSSR count). The maximum Gasteiger partial charge on any atom is 0.167 e. The van der Waals surface area contributed by atoms with Gasteiger partial charge >= 0.3 is 0 Å². The molecule has 0 aromatic heterocycles. The van der Waals surface area contributed by atoms with Crippen LogP contribution in [0.1, 0.15) is 11.1 Å². The normalized spacial score (nSPS) is 10.4. The molecule has 106 valence electrons. The summed E-state index contributed by atoms with van der Waals surface area (Å²) in [5.41, 5.74) is 1.03. The summed E-state index contributed by atoms with van der Waals surface area (Å²) in [6.07, 6.45) is 0. The number of aliphatic hydroxyl groups excluding tert-OH is 1. The average Bonchev–Trinajstić information content (AvgIpc) is 2.46. The Bertz CT molecular complexity index is 579. The Balaban J connectivity index is 2.22. The Hall–Kier alpha value is -1.59. The van der Waals surface area contributed by atoms with Gasteiger partial charge in [-0.1, -0.05) is 34.1 Å². The third-order valence-electron chi connectivity index (χ3n) is 2.84. The third kappa shape index (κ3) is 3.29. The summed E-state index contributed by atoms with van der Waals surface area (Å²) in [5, 5.41) is 9.31. The van der Waals surface area contributed by atoms with E-state index in [2.05, 4.69) is 15.9 Å². The van der Waals surface area contributed by atoms with Crippen LogP contribution in [0.25, 0.3) is 0 Å². The van der Waals surface area contributed by atoms with E-state index in [1.807, 2.05) is 0 Å². The van der Waals surface area contributed by atoms with Crippen molar-refractivity contribution in [1.82, 2.24) is 0 Å². The van der Waals surface area contributed by atoms with Crippen LogP contribution in [0.3, 0.4) is 0 Å². The van der Waals surface area contributed by atoms with Crippen LogP contribution in [-0.4, -0.2) is 12.2 Å². The lowest BCUT2D eigenvalue weighted by Gasteiger charge is -2.14. The van der Waals surface area contributed by atoms with Crippen molar-refractivity contribution in [2.45, 2.75) is 13.2 Å². The molecular weight excluding hydrogens is 327 g/mol. The Kier molecular flexibility index (Phi) is 4.98. The number of hydrogen-bond acceptors (Lipinski definition) is 3. The van der Waals surface area contributed by atoms with E-state index >= 15 is 0 Å². The van der Waals surface area contributed by atoms with E-state index in [1.54, 1.807) is 30.3 Å². The van der Waals surface area contributed by atoms with E-state index in [1.165, 1.54) is 13.2 Å². The van der Waals surface area contributed by atoms with Gasteiger partial charge in [0.05, 0.1) is 13.7 Å². The fourth-order valence-electron chi connectivity index (χ4n) is 1.80. The largest absolute Gasteiger partial charge is 0.493 e. The van der Waals surface area contributed by atoms with Gasteiger partial charge in [-0.25, -0.2) is 4.39 Å². The highest BCUT2D eigenvalue weighted by atomic mass is 79.9. The predicted octanol–water partition coefficient (Wildman–Crippen LogP) is 3.67. The fourth-order valence-corrected chi connectivity index (χ4v) is 2.13. The summed E-state index contributed by atoms with van der Waals surface area (Å²) in [6, 6.07) is 10.00. The molecule has 0 aliphatic heterocycles. The van der Waals surface area contributed by atoms with Crippen LogP contribution in [-0.2, 0) is 13.2 Å². The van der Waals surface area contributed by atoms with Gasteiger partial charge < -0.3 is 14.6 Å². The monoisotopic (exact) mass is 340 g/mol. The summed E-state index contributed by atoms with van der Waals surface area (Å²) >= 11 is 3.20. The van der Waals surface area contributed by atoms with Crippen molar-refractivity contribution in [1.29, 1.82) is 0 Å². The molecule has 0 aliphatic rings. The van der Waals surface area contributed by atoms with Crippen LogP contribution in [0, 0.1) is 5.82 Å². The molecule has 0 radical (unpaired) electrons. The second-order valence-electron chi connectivity index (χ2n) is 4.13. The van der Waals surface area contributed by atoms with Gasteiger partial charge in [0.25, 0.3) is 0 Å². The van der Waals surface area contributed by atoms with Crippen LogP contribution in [0.2, 0.25) is 0 Å². The highest BCUT2D eigenvalue weighted by molar-refractivity contribution is 9.10. The van der Waals surface area contributed by atoms with E-state index in [-0.39, 0.29) is 19.0 Å². The van der Waals surface area contributed by atoms with Crippen LogP contribution in [0.15, 0.2) is 40.9 Å². The SMILES string of the molecule is COc1cccc(CO)c1OCc1ccc(Br)cc1F. The highest BCUT2D eigenvalue weighted by Gasteiger charge is 2.11. The van der Waals surface area contributed by atoms with Gasteiger partial charge in [-0.2, -0.15) is 0 Å². The van der Waals surface area contributed by atoms with Crippen LogP contribution < -0.4 is 9.47 Å². The molecule has 0 aliphatic carbocycles. The molecule has 5 heteroatoms. The van der Waals surface area contributed by atoms with E-state index in [0.29, 0.717) is 27.1 Å². The van der Waals surface area contributed by atoms with Crippen molar-refractivity contribution in [3.8, 4) is 11.5 Å². The molecule has 2 aromatic rings. The number of benzene rings is 2. The Morgan fingerprint density at radius 1 is 1.20 bits per heavy atom. The molecule has 0 bridgehead atoms. The molecule has 0 saturated carbocycles. The van der Waals surface area contributed by atoms with E-state index in [4.69, 9.17) is 9.47 Å². The Morgan fingerprint density at radius 2 is 2.00 bits per heavy atom. The van der Waals surface area contributed by atoms with Gasteiger partial charge in [0, 0.05) is 15.6 Å². The molecule has 20 heavy (non-hydrogen) atoms. The van der Waals surface area contributed by atoms with E-state index < -0.39 is 0 Å². The maximum absolute atomic E-state index is 13.7. The number of methoxy groups -OCH3 is 1. The quantitative estimate of drug-likeness (QED) is 0.902. The van der Waals surface area contributed by atoms with E-state index in [0.717, 1.165) is 0 Å². The molecule has 0 heterocycles. The molecule has 0 unspecified atom stereocenters. The molecule has 0 fully saturated rings. The molecule has 3 nitrogen and oxygen atoms in total. The van der Waals surface area contributed by atoms with Gasteiger partial charge in [-0.15, -0.1) is 0 Å². The second kappa shape index (κ2) is 6.72. The summed E-state index contributed by atoms with van der Waals surface area (Å²) in [6.45, 7) is -0.109. The first-order chi connectivity index (χ1) is 9.65. The van der Waals surface area contributed by atoms with E-state index in [9.17, 15) is 9.50 Å². The van der Waals surface area contributed by atoms with Crippen LogP contribution in [0.4, 0.5) is 4.39 Å². The zero-order valence-corrected chi connectivity index (χ0v) is 12.5. The first-order valence-corrected chi connectivity index (χ1v) is 6.78. The summed E-state index contributed by atoms with van der Waals surface area (Å²) < 4.78 is 25.2. The van der Waals surface area contributed by atoms with Gasteiger partial charge in [0.1, 0.15) is 12.4 Å². The molecule has 0 atom stereocenters. The predicted molar refractivity (Wildman–Crippen MR) is 77.3 cm³/mol. The number of hydrogen-bond donors (Lipinski definition) is 1. The second-order valence-corrected chi connectivity index (χ2v) is 5.05. The minimum absolute atomic E-state index is 0.0620. The number of aliphatic hydroxyl groups is 1. The molecule has 0 saturated heterocycles. The molecule has 0 spiro atoms. The van der Waals surface area contributed by atoms with Crippen molar-refractivity contribution in [3.63, 3.8) is 0 Å². The molecule has 1 N–H and O–H groups in total. The van der Waals surface area contributed by atoms with Crippen molar-refractivity contribution in [2.75, 3.05) is 7.11 Å². The standard InChI is InChI=1S/C15H14BrFO3/c1-19-14-4-2-3-10(8-18)15(14)20-9-11-5-6-12(16)7-13(11)17/h2-7,18H,8-9H2,1H3. The third-order valence-corrected chi connectivity index (χ3v) is 3.33. The molecule has 2 aromatic carbocycles. The van der Waals surface area contributed by atoms with Crippen molar-refractivity contribution >= 4 is 15.9 Å². The molecular formula is C15H14BrFO3. The molecule has 0 amide bonds. The van der Waals surface area contributed by atoms with Crippen molar-refractivity contribution in [3.05, 3.63) is 57.8 Å². The fraction of sp³-hybridized carbons (Fsp3) is 0.200. The maximum atomic E-state index is 13.7. The lowest BCUT2D eigenvalue weighted by atomic mass is 10.2. The summed E-state index contributed by atoms with van der Waals surface area (Å²) in [4.78, 5) is 0.